The summed E-state index contributed by atoms with van der Waals surface area (Å²) in [6.07, 6.45) is 2.98. The Hall–Kier alpha value is -1.29. The van der Waals surface area contributed by atoms with Crippen LogP contribution in [0.2, 0.25) is 0 Å². The number of aryl methyl sites for hydroxylation is 1. The van der Waals surface area contributed by atoms with E-state index in [-0.39, 0.29) is 6.04 Å². The fourth-order valence-corrected chi connectivity index (χ4v) is 2.48. The van der Waals surface area contributed by atoms with Gasteiger partial charge in [0.05, 0.1) is 0 Å². The van der Waals surface area contributed by atoms with Crippen LogP contribution in [-0.2, 0) is 6.42 Å². The molecule has 0 aromatic heterocycles. The fraction of sp³-hybridized carbons (Fsp3) is 0.250. The van der Waals surface area contributed by atoms with E-state index in [2.05, 4.69) is 67.1 Å². The van der Waals surface area contributed by atoms with E-state index < -0.39 is 0 Å². The van der Waals surface area contributed by atoms with E-state index in [0.717, 1.165) is 6.42 Å². The summed E-state index contributed by atoms with van der Waals surface area (Å²) in [5, 5.41) is 0. The van der Waals surface area contributed by atoms with E-state index in [1.165, 1.54) is 21.6 Å². The Morgan fingerprint density at radius 2 is 1.68 bits per heavy atom. The Morgan fingerprint density at radius 3 is 2.21 bits per heavy atom. The number of nitrogens with one attached hydrogen (secondary N) is 1. The third-order valence-electron chi connectivity index (χ3n) is 3.28. The molecule has 3 N–H and O–H groups in total. The number of rotatable bonds is 5. The first-order valence-corrected chi connectivity index (χ1v) is 7.61. The summed E-state index contributed by atoms with van der Waals surface area (Å²) in [6, 6.07) is 17.3. The monoisotopic (exact) mass is 272 g/mol. The Morgan fingerprint density at radius 1 is 1.05 bits per heavy atom. The lowest BCUT2D eigenvalue weighted by atomic mass is 9.99. The summed E-state index contributed by atoms with van der Waals surface area (Å²) >= 11 is 1.75. The highest BCUT2D eigenvalue weighted by atomic mass is 32.2. The van der Waals surface area contributed by atoms with Gasteiger partial charge < -0.3 is 0 Å². The predicted octanol–water partition coefficient (Wildman–Crippen LogP) is 3.46. The first-order valence-electron chi connectivity index (χ1n) is 6.38. The minimum atomic E-state index is 0.151. The number of hydrogen-bond acceptors (Lipinski definition) is 3. The number of hydrazine groups is 1. The quantitative estimate of drug-likeness (QED) is 0.497. The van der Waals surface area contributed by atoms with Crippen LogP contribution in [0.4, 0.5) is 0 Å². The maximum Gasteiger partial charge on any atom is 0.0500 e. The highest BCUT2D eigenvalue weighted by Gasteiger charge is 2.10. The average Bonchev–Trinajstić information content (AvgIpc) is 2.47. The number of nitrogens with two attached hydrogens (primary N) is 1. The standard InChI is InChI=1S/C16H20N2S/c1-12-3-5-13(6-4-12)11-16(18-17)14-7-9-15(19-2)10-8-14/h3-10,16,18H,11,17H2,1-2H3. The molecule has 0 heterocycles. The van der Waals surface area contributed by atoms with Gasteiger partial charge in [-0.2, -0.15) is 0 Å². The zero-order chi connectivity index (χ0) is 13.7. The number of hydrogen-bond donors (Lipinski definition) is 2. The van der Waals surface area contributed by atoms with E-state index in [1.54, 1.807) is 11.8 Å². The van der Waals surface area contributed by atoms with Gasteiger partial charge >= 0.3 is 0 Å². The highest BCUT2D eigenvalue weighted by molar-refractivity contribution is 7.98. The van der Waals surface area contributed by atoms with E-state index in [4.69, 9.17) is 5.84 Å². The molecule has 0 saturated carbocycles. The van der Waals surface area contributed by atoms with Crippen molar-refractivity contribution in [2.24, 2.45) is 5.84 Å². The molecular weight excluding hydrogens is 252 g/mol. The van der Waals surface area contributed by atoms with Crippen molar-refractivity contribution < 1.29 is 0 Å². The molecule has 100 valence electrons. The first kappa shape index (κ1) is 14.1. The summed E-state index contributed by atoms with van der Waals surface area (Å²) in [7, 11) is 0. The van der Waals surface area contributed by atoms with Gasteiger partial charge in [0.1, 0.15) is 0 Å². The van der Waals surface area contributed by atoms with Crippen molar-refractivity contribution in [1.29, 1.82) is 0 Å². The Balaban J connectivity index is 2.12. The number of thioether (sulfide) groups is 1. The van der Waals surface area contributed by atoms with Crippen molar-refractivity contribution in [3.05, 3.63) is 65.2 Å². The van der Waals surface area contributed by atoms with E-state index in [0.29, 0.717) is 0 Å². The van der Waals surface area contributed by atoms with Crippen molar-refractivity contribution in [2.45, 2.75) is 24.3 Å². The van der Waals surface area contributed by atoms with Gasteiger partial charge in [0.25, 0.3) is 0 Å². The molecule has 0 amide bonds. The van der Waals surface area contributed by atoms with Crippen LogP contribution in [0.1, 0.15) is 22.7 Å². The van der Waals surface area contributed by atoms with Crippen molar-refractivity contribution in [2.75, 3.05) is 6.26 Å². The molecule has 2 rings (SSSR count). The van der Waals surface area contributed by atoms with Crippen LogP contribution in [0.3, 0.4) is 0 Å². The first-order chi connectivity index (χ1) is 9.22. The molecule has 2 aromatic rings. The molecule has 0 spiro atoms. The third-order valence-corrected chi connectivity index (χ3v) is 4.02. The van der Waals surface area contributed by atoms with E-state index in [9.17, 15) is 0 Å². The minimum absolute atomic E-state index is 0.151. The normalized spacial score (nSPS) is 12.4. The smallest absolute Gasteiger partial charge is 0.0500 e. The zero-order valence-electron chi connectivity index (χ0n) is 11.4. The van der Waals surface area contributed by atoms with Crippen molar-refractivity contribution >= 4 is 11.8 Å². The summed E-state index contributed by atoms with van der Waals surface area (Å²) in [6.45, 7) is 2.10. The van der Waals surface area contributed by atoms with Gasteiger partial charge in [-0.1, -0.05) is 42.0 Å². The van der Waals surface area contributed by atoms with Crippen LogP contribution < -0.4 is 11.3 Å². The summed E-state index contributed by atoms with van der Waals surface area (Å²) in [5.41, 5.74) is 6.71. The maximum absolute atomic E-state index is 5.70. The molecule has 1 atom stereocenters. The van der Waals surface area contributed by atoms with Crippen LogP contribution in [-0.4, -0.2) is 6.26 Å². The highest BCUT2D eigenvalue weighted by Crippen LogP contribution is 2.21. The summed E-state index contributed by atoms with van der Waals surface area (Å²) in [4.78, 5) is 1.27. The molecule has 0 bridgehead atoms. The second-order valence-corrected chi connectivity index (χ2v) is 5.56. The van der Waals surface area contributed by atoms with Crippen molar-refractivity contribution in [1.82, 2.24) is 5.43 Å². The Bertz CT molecular complexity index is 505. The molecule has 0 fully saturated rings. The van der Waals surface area contributed by atoms with Gasteiger partial charge in [0.15, 0.2) is 0 Å². The summed E-state index contributed by atoms with van der Waals surface area (Å²) < 4.78 is 0. The lowest BCUT2D eigenvalue weighted by Crippen LogP contribution is -2.29. The third kappa shape index (κ3) is 3.83. The van der Waals surface area contributed by atoms with E-state index in [1.807, 2.05) is 0 Å². The summed E-state index contributed by atoms with van der Waals surface area (Å²) in [5.74, 6) is 5.70. The molecule has 0 aliphatic carbocycles. The molecule has 1 unspecified atom stereocenters. The van der Waals surface area contributed by atoms with Gasteiger partial charge in [-0.3, -0.25) is 11.3 Å². The molecule has 2 nitrogen and oxygen atoms in total. The maximum atomic E-state index is 5.70. The van der Waals surface area contributed by atoms with Gasteiger partial charge in [-0.25, -0.2) is 0 Å². The van der Waals surface area contributed by atoms with Gasteiger partial charge in [0, 0.05) is 10.9 Å². The van der Waals surface area contributed by atoms with E-state index >= 15 is 0 Å². The largest absolute Gasteiger partial charge is 0.271 e. The fourth-order valence-electron chi connectivity index (χ4n) is 2.07. The Labute approximate surface area is 119 Å². The second kappa shape index (κ2) is 6.75. The van der Waals surface area contributed by atoms with Gasteiger partial charge in [-0.05, 0) is 42.9 Å². The molecule has 0 aliphatic heterocycles. The van der Waals surface area contributed by atoms with Gasteiger partial charge in [-0.15, -0.1) is 11.8 Å². The lowest BCUT2D eigenvalue weighted by molar-refractivity contribution is 0.551. The SMILES string of the molecule is CSc1ccc(C(Cc2ccc(C)cc2)NN)cc1. The Kier molecular flexibility index (Phi) is 5.02. The van der Waals surface area contributed by atoms with Crippen LogP contribution in [0.5, 0.6) is 0 Å². The zero-order valence-corrected chi connectivity index (χ0v) is 12.2. The van der Waals surface area contributed by atoms with Crippen molar-refractivity contribution in [3.8, 4) is 0 Å². The minimum Gasteiger partial charge on any atom is -0.271 e. The van der Waals surface area contributed by atoms with Crippen LogP contribution in [0.25, 0.3) is 0 Å². The molecule has 0 aliphatic rings. The van der Waals surface area contributed by atoms with Crippen molar-refractivity contribution in [3.63, 3.8) is 0 Å². The topological polar surface area (TPSA) is 38.0 Å². The average molecular weight is 272 g/mol. The molecular formula is C16H20N2S. The van der Waals surface area contributed by atoms with Crippen LogP contribution in [0, 0.1) is 6.92 Å². The second-order valence-electron chi connectivity index (χ2n) is 4.68. The lowest BCUT2D eigenvalue weighted by Gasteiger charge is -2.17. The van der Waals surface area contributed by atoms with Gasteiger partial charge in [0.2, 0.25) is 0 Å². The molecule has 3 heteroatoms. The predicted molar refractivity (Wildman–Crippen MR) is 83.2 cm³/mol. The van der Waals surface area contributed by atoms with Crippen LogP contribution >= 0.6 is 11.8 Å². The molecule has 2 aromatic carbocycles. The molecule has 0 saturated heterocycles. The molecule has 0 radical (unpaired) electrons. The van der Waals surface area contributed by atoms with Crippen LogP contribution in [0.15, 0.2) is 53.4 Å². The molecule has 19 heavy (non-hydrogen) atoms. The number of benzene rings is 2.